The van der Waals surface area contributed by atoms with Crippen molar-refractivity contribution in [1.29, 1.82) is 0 Å². The Balaban J connectivity index is 1.83. The number of carbonyl (C=O) groups is 3. The summed E-state index contributed by atoms with van der Waals surface area (Å²) in [5.74, 6) is -1.07. The molecule has 0 bridgehead atoms. The zero-order chi connectivity index (χ0) is 19.0. The summed E-state index contributed by atoms with van der Waals surface area (Å²) in [4.78, 5) is 42.8. The highest BCUT2D eigenvalue weighted by Gasteiger charge is 2.26. The molecule has 0 spiro atoms. The van der Waals surface area contributed by atoms with Crippen LogP contribution in [0.3, 0.4) is 0 Å². The first kappa shape index (κ1) is 17.7. The van der Waals surface area contributed by atoms with Gasteiger partial charge in [-0.1, -0.05) is 18.2 Å². The summed E-state index contributed by atoms with van der Waals surface area (Å²) in [7, 11) is 0. The summed E-state index contributed by atoms with van der Waals surface area (Å²) in [5, 5.41) is 0.783. The predicted octanol–water partition coefficient (Wildman–Crippen LogP) is 3.74. The number of H-pyrrole nitrogens is 2. The molecule has 26 heavy (non-hydrogen) atoms. The molecule has 0 radical (unpaired) electrons. The van der Waals surface area contributed by atoms with Gasteiger partial charge in [-0.15, -0.1) is 0 Å². The fourth-order valence-electron chi connectivity index (χ4n) is 3.25. The average molecular weight is 352 g/mol. The van der Waals surface area contributed by atoms with Crippen molar-refractivity contribution in [2.24, 2.45) is 0 Å². The lowest BCUT2D eigenvalue weighted by atomic mass is 10.1. The van der Waals surface area contributed by atoms with Gasteiger partial charge in [0.05, 0.1) is 0 Å². The molecule has 2 heterocycles. The van der Waals surface area contributed by atoms with Crippen LogP contribution in [0.1, 0.15) is 56.3 Å². The zero-order valence-electron chi connectivity index (χ0n) is 15.1. The SMILES string of the molecule is CC(=O)c1c(C)[nH]c(C(=O)O[C@H](C)C(=O)c2c[nH]c3ccccc23)c1C. The van der Waals surface area contributed by atoms with Crippen molar-refractivity contribution in [3.63, 3.8) is 0 Å². The first-order valence-electron chi connectivity index (χ1n) is 8.32. The van der Waals surface area contributed by atoms with E-state index in [1.165, 1.54) is 6.92 Å². The van der Waals surface area contributed by atoms with Crippen molar-refractivity contribution >= 4 is 28.4 Å². The molecule has 0 unspecified atom stereocenters. The lowest BCUT2D eigenvalue weighted by Gasteiger charge is -2.12. The molecular formula is C20H20N2O4. The van der Waals surface area contributed by atoms with Gasteiger partial charge in [-0.3, -0.25) is 9.59 Å². The molecule has 0 aliphatic carbocycles. The number of Topliss-reactive ketones (excluding diaryl/α,β-unsaturated/α-hetero) is 2. The lowest BCUT2D eigenvalue weighted by molar-refractivity contribution is 0.0313. The molecule has 0 amide bonds. The largest absolute Gasteiger partial charge is 0.450 e. The van der Waals surface area contributed by atoms with Crippen molar-refractivity contribution in [2.75, 3.05) is 0 Å². The van der Waals surface area contributed by atoms with Gasteiger partial charge >= 0.3 is 5.97 Å². The Morgan fingerprint density at radius 3 is 2.46 bits per heavy atom. The Morgan fingerprint density at radius 2 is 1.81 bits per heavy atom. The Hall–Kier alpha value is -3.15. The second kappa shape index (κ2) is 6.63. The number of benzene rings is 1. The number of ketones is 2. The van der Waals surface area contributed by atoms with Crippen LogP contribution in [-0.4, -0.2) is 33.6 Å². The van der Waals surface area contributed by atoms with E-state index in [0.29, 0.717) is 22.4 Å². The van der Waals surface area contributed by atoms with E-state index in [1.807, 2.05) is 24.3 Å². The number of carbonyl (C=O) groups excluding carboxylic acids is 3. The minimum atomic E-state index is -0.953. The van der Waals surface area contributed by atoms with Crippen LogP contribution in [0.4, 0.5) is 0 Å². The number of aromatic amines is 2. The average Bonchev–Trinajstić information content (AvgIpc) is 3.14. The van der Waals surface area contributed by atoms with Crippen LogP contribution in [0.15, 0.2) is 30.5 Å². The Labute approximate surface area is 150 Å². The van der Waals surface area contributed by atoms with E-state index >= 15 is 0 Å². The molecule has 0 aliphatic heterocycles. The van der Waals surface area contributed by atoms with Crippen molar-refractivity contribution in [3.8, 4) is 0 Å². The van der Waals surface area contributed by atoms with Gasteiger partial charge in [-0.25, -0.2) is 4.79 Å². The number of para-hydroxylation sites is 1. The molecule has 6 nitrogen and oxygen atoms in total. The van der Waals surface area contributed by atoms with Crippen LogP contribution >= 0.6 is 0 Å². The standard InChI is InChI=1S/C20H20N2O4/c1-10-17(12(3)23)11(2)22-18(10)20(25)26-13(4)19(24)15-9-21-16-8-6-5-7-14(15)16/h5-9,13,21-22H,1-4H3/t13-/m1/s1. The number of ether oxygens (including phenoxy) is 1. The van der Waals surface area contributed by atoms with Gasteiger partial charge in [-0.2, -0.15) is 0 Å². The van der Waals surface area contributed by atoms with E-state index in [4.69, 9.17) is 4.74 Å². The van der Waals surface area contributed by atoms with Crippen molar-refractivity contribution in [1.82, 2.24) is 9.97 Å². The van der Waals surface area contributed by atoms with Gasteiger partial charge in [0, 0.05) is 33.9 Å². The number of esters is 1. The van der Waals surface area contributed by atoms with Crippen LogP contribution in [-0.2, 0) is 4.74 Å². The molecule has 2 aromatic heterocycles. The summed E-state index contributed by atoms with van der Waals surface area (Å²) < 4.78 is 5.35. The maximum absolute atomic E-state index is 12.7. The van der Waals surface area contributed by atoms with E-state index in [2.05, 4.69) is 9.97 Å². The molecule has 0 saturated heterocycles. The summed E-state index contributed by atoms with van der Waals surface area (Å²) in [5.41, 5.74) is 3.14. The lowest BCUT2D eigenvalue weighted by Crippen LogP contribution is -2.24. The zero-order valence-corrected chi connectivity index (χ0v) is 15.1. The first-order valence-corrected chi connectivity index (χ1v) is 8.32. The molecular weight excluding hydrogens is 332 g/mol. The van der Waals surface area contributed by atoms with Gasteiger partial charge in [0.1, 0.15) is 5.69 Å². The predicted molar refractivity (Wildman–Crippen MR) is 97.8 cm³/mol. The Morgan fingerprint density at radius 1 is 1.12 bits per heavy atom. The van der Waals surface area contributed by atoms with E-state index < -0.39 is 12.1 Å². The van der Waals surface area contributed by atoms with E-state index in [0.717, 1.165) is 10.9 Å². The third-order valence-electron chi connectivity index (χ3n) is 4.50. The molecule has 0 fully saturated rings. The third kappa shape index (κ3) is 2.94. The number of aromatic nitrogens is 2. The number of rotatable bonds is 5. The van der Waals surface area contributed by atoms with Gasteiger partial charge in [0.15, 0.2) is 11.9 Å². The number of fused-ring (bicyclic) bond motifs is 1. The molecule has 6 heteroatoms. The van der Waals surface area contributed by atoms with E-state index in [1.54, 1.807) is 27.0 Å². The van der Waals surface area contributed by atoms with Gasteiger partial charge < -0.3 is 14.7 Å². The smallest absolute Gasteiger partial charge is 0.355 e. The van der Waals surface area contributed by atoms with Crippen LogP contribution in [0.2, 0.25) is 0 Å². The summed E-state index contributed by atoms with van der Waals surface area (Å²) >= 11 is 0. The van der Waals surface area contributed by atoms with Gasteiger partial charge in [0.2, 0.25) is 5.78 Å². The van der Waals surface area contributed by atoms with Crippen LogP contribution < -0.4 is 0 Å². The van der Waals surface area contributed by atoms with Crippen molar-refractivity contribution in [3.05, 3.63) is 58.5 Å². The maximum Gasteiger partial charge on any atom is 0.355 e. The third-order valence-corrected chi connectivity index (χ3v) is 4.50. The van der Waals surface area contributed by atoms with Crippen molar-refractivity contribution in [2.45, 2.75) is 33.8 Å². The van der Waals surface area contributed by atoms with E-state index in [9.17, 15) is 14.4 Å². The monoisotopic (exact) mass is 352 g/mol. The quantitative estimate of drug-likeness (QED) is 0.540. The molecule has 2 N–H and O–H groups in total. The first-order chi connectivity index (χ1) is 12.3. The highest BCUT2D eigenvalue weighted by Crippen LogP contribution is 2.22. The molecule has 3 rings (SSSR count). The molecule has 0 aliphatic rings. The summed E-state index contributed by atoms with van der Waals surface area (Å²) in [6.45, 7) is 6.39. The molecule has 1 aromatic carbocycles. The Bertz CT molecular complexity index is 1030. The number of hydrogen-bond acceptors (Lipinski definition) is 4. The molecule has 0 saturated carbocycles. The van der Waals surface area contributed by atoms with Crippen molar-refractivity contribution < 1.29 is 19.1 Å². The number of nitrogens with one attached hydrogen (secondary N) is 2. The Kier molecular flexibility index (Phi) is 4.50. The number of aryl methyl sites for hydroxylation is 1. The summed E-state index contributed by atoms with van der Waals surface area (Å²) in [6, 6.07) is 7.43. The molecule has 134 valence electrons. The van der Waals surface area contributed by atoms with Gasteiger partial charge in [0.25, 0.3) is 0 Å². The fraction of sp³-hybridized carbons (Fsp3) is 0.250. The second-order valence-electron chi connectivity index (χ2n) is 6.34. The highest BCUT2D eigenvalue weighted by molar-refractivity contribution is 6.10. The number of hydrogen-bond donors (Lipinski definition) is 2. The topological polar surface area (TPSA) is 92.0 Å². The van der Waals surface area contributed by atoms with Gasteiger partial charge in [-0.05, 0) is 39.3 Å². The minimum Gasteiger partial charge on any atom is -0.450 e. The fourth-order valence-corrected chi connectivity index (χ4v) is 3.25. The van der Waals surface area contributed by atoms with Crippen LogP contribution in [0.5, 0.6) is 0 Å². The molecule has 1 atom stereocenters. The molecule has 3 aromatic rings. The normalized spacial score (nSPS) is 12.2. The maximum atomic E-state index is 12.7. The van der Waals surface area contributed by atoms with Crippen LogP contribution in [0, 0.1) is 13.8 Å². The minimum absolute atomic E-state index is 0.127. The second-order valence-corrected chi connectivity index (χ2v) is 6.34. The van der Waals surface area contributed by atoms with E-state index in [-0.39, 0.29) is 17.3 Å². The summed E-state index contributed by atoms with van der Waals surface area (Å²) in [6.07, 6.45) is 0.667. The van der Waals surface area contributed by atoms with Crippen LogP contribution in [0.25, 0.3) is 10.9 Å². The highest BCUT2D eigenvalue weighted by atomic mass is 16.5.